The molecule has 0 saturated heterocycles. The van der Waals surface area contributed by atoms with Gasteiger partial charge in [-0.3, -0.25) is 0 Å². The van der Waals surface area contributed by atoms with Crippen LogP contribution in [0.3, 0.4) is 0 Å². The largest absolute Gasteiger partial charge is 1.00 e. The molecular formula is C15H23Cl2SiZr. The van der Waals surface area contributed by atoms with Crippen LogP contribution in [-0.4, -0.2) is 5.92 Å². The molecule has 2 aliphatic rings. The normalized spacial score (nSPS) is 21.1. The molecule has 0 aromatic carbocycles. The summed E-state index contributed by atoms with van der Waals surface area (Å²) in [5, 5.41) is 0. The molecule has 0 nitrogen and oxygen atoms in total. The molecule has 0 bridgehead atoms. The van der Waals surface area contributed by atoms with E-state index in [1.165, 1.54) is 6.42 Å². The van der Waals surface area contributed by atoms with Gasteiger partial charge in [-0.25, -0.2) is 0 Å². The molecule has 19 heavy (non-hydrogen) atoms. The van der Waals surface area contributed by atoms with Gasteiger partial charge in [0, 0.05) is 0 Å². The Morgan fingerprint density at radius 2 is 1.84 bits per heavy atom. The van der Waals surface area contributed by atoms with Gasteiger partial charge in [0.2, 0.25) is 0 Å². The van der Waals surface area contributed by atoms with Crippen LogP contribution in [-0.2, 0) is 20.9 Å². The van der Waals surface area contributed by atoms with Crippen molar-refractivity contribution in [1.29, 1.82) is 0 Å². The van der Waals surface area contributed by atoms with Gasteiger partial charge < -0.3 is 24.8 Å². The summed E-state index contributed by atoms with van der Waals surface area (Å²) in [6.07, 6.45) is 10.8. The Balaban J connectivity index is 0.00000162. The van der Waals surface area contributed by atoms with E-state index in [0.717, 1.165) is 5.92 Å². The van der Waals surface area contributed by atoms with Crippen molar-refractivity contribution in [1.82, 2.24) is 0 Å². The van der Waals surface area contributed by atoms with Crippen LogP contribution in [0.2, 0.25) is 13.1 Å². The van der Waals surface area contributed by atoms with Crippen molar-refractivity contribution in [2.75, 3.05) is 0 Å². The number of allylic oxidation sites excluding steroid dienone is 8. The quantitative estimate of drug-likeness (QED) is 0.502. The van der Waals surface area contributed by atoms with Crippen molar-refractivity contribution >= 4 is 5.92 Å². The van der Waals surface area contributed by atoms with Crippen molar-refractivity contribution < 1.29 is 45.7 Å². The van der Waals surface area contributed by atoms with Crippen LogP contribution in [0.1, 0.15) is 27.2 Å². The Kier molecular flexibility index (Phi) is 8.45. The van der Waals surface area contributed by atoms with E-state index >= 15 is 0 Å². The molecule has 0 spiro atoms. The first-order valence-corrected chi connectivity index (χ1v) is 16.3. The molecule has 0 aromatic heterocycles. The third-order valence-corrected chi connectivity index (χ3v) is 23.7. The van der Waals surface area contributed by atoms with Gasteiger partial charge in [0.05, 0.1) is 0 Å². The Morgan fingerprint density at radius 3 is 2.21 bits per heavy atom. The SMILES string of the molecule is CC1=CC(C)[C]([Zr+2]([C]2=CC=CC2)[SiH](C)C)=C1C.[Cl-].[Cl-]. The van der Waals surface area contributed by atoms with E-state index in [0.29, 0.717) is 0 Å². The van der Waals surface area contributed by atoms with E-state index in [2.05, 4.69) is 58.2 Å². The third-order valence-electron chi connectivity index (χ3n) is 3.94. The summed E-state index contributed by atoms with van der Waals surface area (Å²) < 4.78 is 3.78. The second kappa shape index (κ2) is 8.17. The molecule has 0 aliphatic heterocycles. The Hall–Kier alpha value is 0.640. The molecule has 0 heterocycles. The van der Waals surface area contributed by atoms with Crippen LogP contribution < -0.4 is 24.8 Å². The smallest absolute Gasteiger partial charge is 1.00 e. The summed E-state index contributed by atoms with van der Waals surface area (Å²) in [7, 11) is 0. The van der Waals surface area contributed by atoms with Crippen molar-refractivity contribution in [3.05, 3.63) is 42.0 Å². The third kappa shape index (κ3) is 4.06. The van der Waals surface area contributed by atoms with Crippen molar-refractivity contribution in [2.45, 2.75) is 40.3 Å². The number of hydrogen-bond acceptors (Lipinski definition) is 0. The Labute approximate surface area is 139 Å². The molecule has 0 fully saturated rings. The molecule has 2 aliphatic carbocycles. The predicted octanol–water partition coefficient (Wildman–Crippen LogP) is -1.69. The molecule has 1 atom stereocenters. The molecular weight excluding hydrogens is 370 g/mol. The Morgan fingerprint density at radius 1 is 1.21 bits per heavy atom. The second-order valence-corrected chi connectivity index (χ2v) is 24.7. The van der Waals surface area contributed by atoms with Crippen LogP contribution in [0, 0.1) is 5.92 Å². The fourth-order valence-corrected chi connectivity index (χ4v) is 23.9. The van der Waals surface area contributed by atoms with Gasteiger partial charge in [-0.05, 0) is 0 Å². The molecule has 0 N–H and O–H groups in total. The van der Waals surface area contributed by atoms with E-state index in [1.807, 2.05) is 6.56 Å². The van der Waals surface area contributed by atoms with E-state index in [1.54, 1.807) is 11.1 Å². The fourth-order valence-electron chi connectivity index (χ4n) is 3.09. The van der Waals surface area contributed by atoms with Crippen LogP contribution in [0.4, 0.5) is 0 Å². The summed E-state index contributed by atoms with van der Waals surface area (Å²) >= 11 is -1.46. The topological polar surface area (TPSA) is 0 Å². The van der Waals surface area contributed by atoms with Crippen molar-refractivity contribution in [2.24, 2.45) is 5.92 Å². The Bertz CT molecular complexity index is 447. The number of hydrogen-bond donors (Lipinski definition) is 0. The summed E-state index contributed by atoms with van der Waals surface area (Å²) in [6, 6.07) is 0. The average Bonchev–Trinajstić information content (AvgIpc) is 2.83. The monoisotopic (exact) mass is 391 g/mol. The summed E-state index contributed by atoms with van der Waals surface area (Å²) in [6.45, 7) is 12.2. The molecule has 105 valence electrons. The molecule has 1 unspecified atom stereocenters. The first-order valence-electron chi connectivity index (χ1n) is 6.65. The maximum atomic E-state index is 2.58. The fraction of sp³-hybridized carbons (Fsp3) is 0.467. The maximum Gasteiger partial charge on any atom is -1.00 e. The number of halogens is 2. The van der Waals surface area contributed by atoms with Gasteiger partial charge in [-0.15, -0.1) is 0 Å². The van der Waals surface area contributed by atoms with Gasteiger partial charge in [0.25, 0.3) is 0 Å². The molecule has 0 amide bonds. The van der Waals surface area contributed by atoms with Gasteiger partial charge in [0.15, 0.2) is 0 Å². The van der Waals surface area contributed by atoms with E-state index < -0.39 is 26.8 Å². The minimum atomic E-state index is -1.46. The summed E-state index contributed by atoms with van der Waals surface area (Å²) in [5.74, 6) is 0.238. The average molecular weight is 394 g/mol. The minimum Gasteiger partial charge on any atom is -1.00 e. The predicted molar refractivity (Wildman–Crippen MR) is 76.3 cm³/mol. The second-order valence-electron chi connectivity index (χ2n) is 5.57. The first kappa shape index (κ1) is 19.6. The standard InChI is InChI=1S/C8H11.C5H5.C2H7Si.2ClH.Zr/c1-6-4-7(2)8(3)5-6;1-2-4-5-3-1;1-3-2;;;/h4,6H,1-3H3;1-3H,4H2;3H,1-2H3;2*1H;/q;;;;;+2/p-2. The minimum absolute atomic E-state index is 0. The zero-order valence-corrected chi connectivity index (χ0v) is 17.6. The number of rotatable bonds is 3. The van der Waals surface area contributed by atoms with Crippen LogP contribution in [0.25, 0.3) is 0 Å². The van der Waals surface area contributed by atoms with E-state index in [4.69, 9.17) is 0 Å². The summed E-state index contributed by atoms with van der Waals surface area (Å²) in [4.78, 5) is 0. The van der Waals surface area contributed by atoms with Crippen LogP contribution in [0.5, 0.6) is 0 Å². The van der Waals surface area contributed by atoms with Crippen LogP contribution in [0.15, 0.2) is 42.0 Å². The molecule has 4 heteroatoms. The van der Waals surface area contributed by atoms with E-state index in [-0.39, 0.29) is 24.8 Å². The van der Waals surface area contributed by atoms with Crippen molar-refractivity contribution in [3.63, 3.8) is 0 Å². The summed E-state index contributed by atoms with van der Waals surface area (Å²) in [5.41, 5.74) is 3.20. The molecule has 2 rings (SSSR count). The first-order chi connectivity index (χ1) is 8.02. The van der Waals surface area contributed by atoms with Crippen LogP contribution >= 0.6 is 0 Å². The van der Waals surface area contributed by atoms with Gasteiger partial charge >= 0.3 is 115 Å². The molecule has 0 aromatic rings. The van der Waals surface area contributed by atoms with Gasteiger partial charge in [0.1, 0.15) is 0 Å². The van der Waals surface area contributed by atoms with Crippen molar-refractivity contribution in [3.8, 4) is 0 Å². The zero-order chi connectivity index (χ0) is 12.6. The van der Waals surface area contributed by atoms with E-state index in [9.17, 15) is 0 Å². The molecule has 0 radical (unpaired) electrons. The van der Waals surface area contributed by atoms with Gasteiger partial charge in [-0.1, -0.05) is 0 Å². The van der Waals surface area contributed by atoms with Gasteiger partial charge in [-0.2, -0.15) is 0 Å². The zero-order valence-electron chi connectivity index (χ0n) is 12.4. The molecule has 0 saturated carbocycles. The maximum absolute atomic E-state index is 2.58.